The predicted octanol–water partition coefficient (Wildman–Crippen LogP) is 2.26. The molecule has 0 amide bonds. The lowest BCUT2D eigenvalue weighted by Crippen LogP contribution is -2.60. The molecule has 2 aliphatic rings. The van der Waals surface area contributed by atoms with Gasteiger partial charge in [0.15, 0.2) is 12.5 Å². The van der Waals surface area contributed by atoms with Gasteiger partial charge in [0.25, 0.3) is 6.23 Å². The highest BCUT2D eigenvalue weighted by molar-refractivity contribution is 5.95. The summed E-state index contributed by atoms with van der Waals surface area (Å²) in [5, 5.41) is 11.2. The third kappa shape index (κ3) is 3.58. The molecular weight excluding hydrogens is 356 g/mol. The molecule has 7 heteroatoms. The van der Waals surface area contributed by atoms with Crippen LogP contribution in [0.3, 0.4) is 0 Å². The maximum atomic E-state index is 11.5. The Balaban J connectivity index is 1.48. The Morgan fingerprint density at radius 1 is 1.29 bits per heavy atom. The zero-order chi connectivity index (χ0) is 19.5. The van der Waals surface area contributed by atoms with E-state index >= 15 is 0 Å². The van der Waals surface area contributed by atoms with Gasteiger partial charge in [-0.3, -0.25) is 4.79 Å². The number of carbonyl (C=O) groups excluding carboxylic acids is 1. The van der Waals surface area contributed by atoms with Crippen molar-refractivity contribution in [3.8, 4) is 5.75 Å². The standard InChI is InChI=1S/C21H24N4O3/c1-15-12-18(9-8-17(15)13-22-2)27-19-10-11-24(19)25-20(14-26)28-21(23-25)16-6-4-3-5-7-16/h3-9,12,14,19-20,22H,10-11,13H2,1-2H3. The predicted molar refractivity (Wildman–Crippen MR) is 105 cm³/mol. The van der Waals surface area contributed by atoms with Gasteiger partial charge < -0.3 is 14.8 Å². The monoisotopic (exact) mass is 380 g/mol. The SMILES string of the molecule is CNCc1ccc(OC2CCN2N2N=C(c3ccccc3)OC2C=O)cc1C. The minimum Gasteiger partial charge on any atom is -0.473 e. The molecule has 2 aromatic carbocycles. The van der Waals surface area contributed by atoms with Crippen molar-refractivity contribution < 1.29 is 14.3 Å². The van der Waals surface area contributed by atoms with Crippen molar-refractivity contribution in [2.45, 2.75) is 32.3 Å². The van der Waals surface area contributed by atoms with Gasteiger partial charge in [-0.1, -0.05) is 24.3 Å². The Labute approximate surface area is 164 Å². The molecule has 4 rings (SSSR count). The van der Waals surface area contributed by atoms with Crippen molar-refractivity contribution in [2.75, 3.05) is 13.6 Å². The summed E-state index contributed by atoms with van der Waals surface area (Å²) < 4.78 is 11.9. The first-order valence-electron chi connectivity index (χ1n) is 9.42. The van der Waals surface area contributed by atoms with Crippen LogP contribution in [0.4, 0.5) is 0 Å². The lowest BCUT2D eigenvalue weighted by atomic mass is 10.1. The molecule has 2 heterocycles. The van der Waals surface area contributed by atoms with Gasteiger partial charge >= 0.3 is 0 Å². The number of benzene rings is 2. The van der Waals surface area contributed by atoms with Crippen LogP contribution < -0.4 is 10.1 Å². The topological polar surface area (TPSA) is 66.4 Å². The number of hydrogen-bond donors (Lipinski definition) is 1. The van der Waals surface area contributed by atoms with Gasteiger partial charge in [-0.25, -0.2) is 0 Å². The molecule has 146 valence electrons. The molecule has 0 aliphatic carbocycles. The Bertz CT molecular complexity index is 871. The summed E-state index contributed by atoms with van der Waals surface area (Å²) in [5.74, 6) is 1.25. The van der Waals surface area contributed by atoms with E-state index in [2.05, 4.69) is 23.4 Å². The smallest absolute Gasteiger partial charge is 0.260 e. The molecule has 0 saturated carbocycles. The Hall–Kier alpha value is -2.90. The van der Waals surface area contributed by atoms with Crippen LogP contribution in [0.5, 0.6) is 5.75 Å². The Kier molecular flexibility index (Phi) is 5.27. The molecule has 0 bridgehead atoms. The number of nitrogens with zero attached hydrogens (tertiary/aromatic N) is 3. The van der Waals surface area contributed by atoms with Gasteiger partial charge in [0.05, 0.1) is 0 Å². The third-order valence-electron chi connectivity index (χ3n) is 4.94. The van der Waals surface area contributed by atoms with E-state index in [-0.39, 0.29) is 6.23 Å². The molecule has 28 heavy (non-hydrogen) atoms. The molecule has 7 nitrogen and oxygen atoms in total. The van der Waals surface area contributed by atoms with Crippen molar-refractivity contribution in [2.24, 2.45) is 5.10 Å². The van der Waals surface area contributed by atoms with Crippen LogP contribution in [0.2, 0.25) is 0 Å². The fourth-order valence-corrected chi connectivity index (χ4v) is 3.32. The number of aryl methyl sites for hydroxylation is 1. The maximum absolute atomic E-state index is 11.5. The molecule has 2 atom stereocenters. The van der Waals surface area contributed by atoms with Crippen LogP contribution in [0.25, 0.3) is 0 Å². The summed E-state index contributed by atoms with van der Waals surface area (Å²) in [6.07, 6.45) is 0.655. The summed E-state index contributed by atoms with van der Waals surface area (Å²) >= 11 is 0. The third-order valence-corrected chi connectivity index (χ3v) is 4.94. The Morgan fingerprint density at radius 3 is 2.75 bits per heavy atom. The van der Waals surface area contributed by atoms with Gasteiger partial charge in [-0.15, -0.1) is 5.10 Å². The van der Waals surface area contributed by atoms with Crippen LogP contribution >= 0.6 is 0 Å². The van der Waals surface area contributed by atoms with E-state index in [1.165, 1.54) is 11.1 Å². The molecule has 2 aliphatic heterocycles. The fourth-order valence-electron chi connectivity index (χ4n) is 3.32. The van der Waals surface area contributed by atoms with Gasteiger partial charge in [-0.05, 0) is 49.4 Å². The van der Waals surface area contributed by atoms with Gasteiger partial charge in [0.1, 0.15) is 5.75 Å². The van der Waals surface area contributed by atoms with Crippen molar-refractivity contribution in [1.29, 1.82) is 0 Å². The van der Waals surface area contributed by atoms with E-state index < -0.39 is 6.23 Å². The number of ether oxygens (including phenoxy) is 2. The molecule has 0 spiro atoms. The second kappa shape index (κ2) is 8.00. The van der Waals surface area contributed by atoms with E-state index in [1.807, 2.05) is 54.5 Å². The molecule has 0 radical (unpaired) electrons. The second-order valence-electron chi connectivity index (χ2n) is 6.88. The van der Waals surface area contributed by atoms with Crippen LogP contribution in [-0.2, 0) is 16.1 Å². The molecule has 2 aromatic rings. The summed E-state index contributed by atoms with van der Waals surface area (Å²) in [5.41, 5.74) is 3.26. The highest BCUT2D eigenvalue weighted by Gasteiger charge is 2.42. The average Bonchev–Trinajstić information content (AvgIpc) is 3.11. The highest BCUT2D eigenvalue weighted by atomic mass is 16.6. The molecule has 1 fully saturated rings. The summed E-state index contributed by atoms with van der Waals surface area (Å²) in [6.45, 7) is 3.65. The number of aldehydes is 1. The Morgan fingerprint density at radius 2 is 2.11 bits per heavy atom. The molecule has 0 aromatic heterocycles. The molecule has 1 N–H and O–H groups in total. The van der Waals surface area contributed by atoms with E-state index in [1.54, 1.807) is 5.12 Å². The first-order valence-corrected chi connectivity index (χ1v) is 9.42. The second-order valence-corrected chi connectivity index (χ2v) is 6.88. The molecule has 1 saturated heterocycles. The lowest BCUT2D eigenvalue weighted by molar-refractivity contribution is -0.218. The fraction of sp³-hybridized carbons (Fsp3) is 0.333. The minimum absolute atomic E-state index is 0.181. The van der Waals surface area contributed by atoms with Crippen molar-refractivity contribution in [3.05, 3.63) is 65.2 Å². The van der Waals surface area contributed by atoms with E-state index in [9.17, 15) is 4.79 Å². The van der Waals surface area contributed by atoms with Crippen LogP contribution in [0, 0.1) is 6.92 Å². The van der Waals surface area contributed by atoms with Crippen LogP contribution in [0.1, 0.15) is 23.1 Å². The molecular formula is C21H24N4O3. The normalized spacial score (nSPS) is 21.6. The summed E-state index contributed by atoms with van der Waals surface area (Å²) in [7, 11) is 1.93. The lowest BCUT2D eigenvalue weighted by Gasteiger charge is -2.44. The maximum Gasteiger partial charge on any atom is 0.260 e. The number of rotatable bonds is 7. The van der Waals surface area contributed by atoms with Crippen molar-refractivity contribution >= 4 is 12.2 Å². The minimum atomic E-state index is -0.777. The largest absolute Gasteiger partial charge is 0.473 e. The zero-order valence-corrected chi connectivity index (χ0v) is 16.0. The number of hydrogen-bond acceptors (Lipinski definition) is 7. The quantitative estimate of drug-likeness (QED) is 0.744. The van der Waals surface area contributed by atoms with E-state index in [0.717, 1.165) is 37.1 Å². The zero-order valence-electron chi connectivity index (χ0n) is 16.0. The van der Waals surface area contributed by atoms with Crippen molar-refractivity contribution in [3.63, 3.8) is 0 Å². The summed E-state index contributed by atoms with van der Waals surface area (Å²) in [6, 6.07) is 15.7. The molecule has 2 unspecified atom stereocenters. The van der Waals surface area contributed by atoms with Gasteiger partial charge in [0.2, 0.25) is 5.90 Å². The van der Waals surface area contributed by atoms with Crippen molar-refractivity contribution in [1.82, 2.24) is 15.4 Å². The average molecular weight is 380 g/mol. The van der Waals surface area contributed by atoms with Crippen LogP contribution in [-0.4, -0.2) is 48.4 Å². The highest BCUT2D eigenvalue weighted by Crippen LogP contribution is 2.29. The number of carbonyl (C=O) groups is 1. The first-order chi connectivity index (χ1) is 13.7. The summed E-state index contributed by atoms with van der Waals surface area (Å²) in [4.78, 5) is 11.5. The first kappa shape index (κ1) is 18.5. The van der Waals surface area contributed by atoms with Gasteiger partial charge in [-0.2, -0.15) is 10.1 Å². The van der Waals surface area contributed by atoms with Crippen LogP contribution in [0.15, 0.2) is 53.6 Å². The van der Waals surface area contributed by atoms with Gasteiger partial charge in [0, 0.05) is 25.1 Å². The van der Waals surface area contributed by atoms with E-state index in [0.29, 0.717) is 5.90 Å². The van der Waals surface area contributed by atoms with E-state index in [4.69, 9.17) is 9.47 Å². The number of nitrogens with one attached hydrogen (secondary N) is 1. The number of hydrazone groups is 1. The number of hydrazine groups is 1.